The third-order valence-corrected chi connectivity index (χ3v) is 2.90. The van der Waals surface area contributed by atoms with Crippen LogP contribution >= 0.6 is 12.4 Å². The van der Waals surface area contributed by atoms with Crippen molar-refractivity contribution in [1.82, 2.24) is 16.0 Å². The highest BCUT2D eigenvalue weighted by molar-refractivity contribution is 5.96. The smallest absolute Gasteiger partial charge is 0.247 e. The fraction of sp³-hybridized carbons (Fsp3) is 0.667. The molecule has 0 spiro atoms. The molecule has 1 heterocycles. The van der Waals surface area contributed by atoms with E-state index in [4.69, 9.17) is 0 Å². The Morgan fingerprint density at radius 2 is 2.11 bits per heavy atom. The summed E-state index contributed by atoms with van der Waals surface area (Å²) in [6.07, 6.45) is 4.14. The minimum absolute atomic E-state index is 0. The van der Waals surface area contributed by atoms with Crippen molar-refractivity contribution >= 4 is 24.2 Å². The Bertz CT molecular complexity index is 325. The largest absolute Gasteiger partial charge is 0.357 e. The Hall–Kier alpha value is -1.07. The van der Waals surface area contributed by atoms with Crippen LogP contribution in [0.1, 0.15) is 26.7 Å². The first-order chi connectivity index (χ1) is 8.04. The average molecular weight is 276 g/mol. The predicted molar refractivity (Wildman–Crippen MR) is 73.7 cm³/mol. The van der Waals surface area contributed by atoms with E-state index in [1.807, 2.05) is 6.08 Å². The van der Waals surface area contributed by atoms with Crippen LogP contribution in [-0.4, -0.2) is 37.5 Å². The van der Waals surface area contributed by atoms with Gasteiger partial charge in [-0.1, -0.05) is 6.08 Å². The maximum absolute atomic E-state index is 11.8. The van der Waals surface area contributed by atoms with Crippen molar-refractivity contribution in [2.24, 2.45) is 0 Å². The van der Waals surface area contributed by atoms with Crippen LogP contribution in [0.3, 0.4) is 0 Å². The molecular formula is C12H22ClN3O2. The molecule has 1 aliphatic heterocycles. The molecule has 3 N–H and O–H groups in total. The SMILES string of the molecule is CNC(=O)[C@H](C)NC(=O)/C(C)=C/[C@@H]1CCCN1.Cl. The number of halogens is 1. The Balaban J connectivity index is 0.00000289. The zero-order valence-corrected chi connectivity index (χ0v) is 11.9. The predicted octanol–water partition coefficient (Wildman–Crippen LogP) is 0.357. The van der Waals surface area contributed by atoms with E-state index in [-0.39, 0.29) is 30.3 Å². The summed E-state index contributed by atoms with van der Waals surface area (Å²) in [4.78, 5) is 23.0. The molecule has 1 rings (SSSR count). The average Bonchev–Trinajstić information content (AvgIpc) is 2.80. The highest BCUT2D eigenvalue weighted by atomic mass is 35.5. The summed E-state index contributed by atoms with van der Waals surface area (Å²) in [5, 5.41) is 8.45. The number of nitrogens with one attached hydrogen (secondary N) is 3. The van der Waals surface area contributed by atoms with E-state index in [1.165, 1.54) is 0 Å². The molecule has 2 amide bonds. The molecular weight excluding hydrogens is 254 g/mol. The van der Waals surface area contributed by atoms with Crippen LogP contribution in [0.2, 0.25) is 0 Å². The molecule has 1 aliphatic rings. The van der Waals surface area contributed by atoms with Gasteiger partial charge in [0.1, 0.15) is 6.04 Å². The van der Waals surface area contributed by atoms with Crippen LogP contribution in [0.25, 0.3) is 0 Å². The lowest BCUT2D eigenvalue weighted by molar-refractivity contribution is -0.126. The Morgan fingerprint density at radius 1 is 1.44 bits per heavy atom. The van der Waals surface area contributed by atoms with Gasteiger partial charge in [-0.05, 0) is 33.2 Å². The highest BCUT2D eigenvalue weighted by Crippen LogP contribution is 2.08. The molecule has 5 nitrogen and oxygen atoms in total. The summed E-state index contributed by atoms with van der Waals surface area (Å²) in [6.45, 7) is 4.44. The van der Waals surface area contributed by atoms with Crippen molar-refractivity contribution in [3.8, 4) is 0 Å². The minimum Gasteiger partial charge on any atom is -0.357 e. The summed E-state index contributed by atoms with van der Waals surface area (Å²) in [6, 6.07) is -0.219. The van der Waals surface area contributed by atoms with Crippen LogP contribution < -0.4 is 16.0 Å². The van der Waals surface area contributed by atoms with Crippen LogP contribution in [0, 0.1) is 0 Å². The molecule has 0 unspecified atom stereocenters. The molecule has 2 atom stereocenters. The van der Waals surface area contributed by atoms with Crippen LogP contribution in [0.4, 0.5) is 0 Å². The maximum Gasteiger partial charge on any atom is 0.247 e. The van der Waals surface area contributed by atoms with Gasteiger partial charge in [-0.3, -0.25) is 9.59 Å². The third-order valence-electron chi connectivity index (χ3n) is 2.90. The fourth-order valence-corrected chi connectivity index (χ4v) is 1.82. The topological polar surface area (TPSA) is 70.2 Å². The van der Waals surface area contributed by atoms with Crippen molar-refractivity contribution in [2.75, 3.05) is 13.6 Å². The summed E-state index contributed by atoms with van der Waals surface area (Å²) in [7, 11) is 1.55. The van der Waals surface area contributed by atoms with Gasteiger partial charge in [0.25, 0.3) is 0 Å². The van der Waals surface area contributed by atoms with E-state index in [0.29, 0.717) is 5.57 Å². The standard InChI is InChI=1S/C12H21N3O2.ClH/c1-8(7-10-5-4-6-14-10)11(16)15-9(2)12(17)13-3;/h7,9-10,14H,4-6H2,1-3H3,(H,13,17)(H,15,16);1H/b8-7+;/t9-,10-;/m0./s1. The number of likely N-dealkylation sites (N-methyl/N-ethyl adjacent to an activating group) is 1. The monoisotopic (exact) mass is 275 g/mol. The lowest BCUT2D eigenvalue weighted by Crippen LogP contribution is -2.44. The molecule has 0 aromatic heterocycles. The number of hydrogen-bond acceptors (Lipinski definition) is 3. The molecule has 18 heavy (non-hydrogen) atoms. The number of carbonyl (C=O) groups excluding carboxylic acids is 2. The zero-order chi connectivity index (χ0) is 12.8. The quantitative estimate of drug-likeness (QED) is 0.649. The second kappa shape index (κ2) is 8.11. The Morgan fingerprint density at radius 3 is 2.61 bits per heavy atom. The Kier molecular flexibility index (Phi) is 7.62. The summed E-state index contributed by atoms with van der Waals surface area (Å²) < 4.78 is 0. The van der Waals surface area contributed by atoms with Gasteiger partial charge in [0.15, 0.2) is 0 Å². The molecule has 1 fully saturated rings. The molecule has 104 valence electrons. The molecule has 0 aliphatic carbocycles. The van der Waals surface area contributed by atoms with Gasteiger partial charge in [-0.2, -0.15) is 0 Å². The minimum atomic E-state index is -0.507. The zero-order valence-electron chi connectivity index (χ0n) is 11.1. The number of hydrogen-bond donors (Lipinski definition) is 3. The highest BCUT2D eigenvalue weighted by Gasteiger charge is 2.17. The molecule has 6 heteroatoms. The van der Waals surface area contributed by atoms with Gasteiger partial charge in [0.05, 0.1) is 0 Å². The first kappa shape index (κ1) is 16.9. The van der Waals surface area contributed by atoms with Crippen molar-refractivity contribution in [2.45, 2.75) is 38.8 Å². The Labute approximate surface area is 114 Å². The molecule has 0 bridgehead atoms. The van der Waals surface area contributed by atoms with Gasteiger partial charge in [-0.15, -0.1) is 12.4 Å². The lowest BCUT2D eigenvalue weighted by Gasteiger charge is -2.13. The first-order valence-corrected chi connectivity index (χ1v) is 5.99. The normalized spacial score (nSPS) is 20.8. The number of rotatable bonds is 4. The van der Waals surface area contributed by atoms with Gasteiger partial charge in [0, 0.05) is 18.7 Å². The molecule has 0 aromatic carbocycles. The van der Waals surface area contributed by atoms with E-state index < -0.39 is 6.04 Å². The first-order valence-electron chi connectivity index (χ1n) is 5.99. The van der Waals surface area contributed by atoms with E-state index >= 15 is 0 Å². The molecule has 0 radical (unpaired) electrons. The van der Waals surface area contributed by atoms with E-state index in [1.54, 1.807) is 20.9 Å². The van der Waals surface area contributed by atoms with Gasteiger partial charge >= 0.3 is 0 Å². The van der Waals surface area contributed by atoms with Gasteiger partial charge < -0.3 is 16.0 Å². The van der Waals surface area contributed by atoms with Crippen molar-refractivity contribution in [3.63, 3.8) is 0 Å². The van der Waals surface area contributed by atoms with E-state index in [9.17, 15) is 9.59 Å². The van der Waals surface area contributed by atoms with Crippen molar-refractivity contribution < 1.29 is 9.59 Å². The second-order valence-corrected chi connectivity index (χ2v) is 4.36. The molecule has 0 saturated carbocycles. The maximum atomic E-state index is 11.8. The summed E-state index contributed by atoms with van der Waals surface area (Å²) in [5.74, 6) is -0.375. The second-order valence-electron chi connectivity index (χ2n) is 4.36. The third kappa shape index (κ3) is 5.06. The summed E-state index contributed by atoms with van der Waals surface area (Å²) >= 11 is 0. The molecule has 1 saturated heterocycles. The van der Waals surface area contributed by atoms with Crippen LogP contribution in [-0.2, 0) is 9.59 Å². The van der Waals surface area contributed by atoms with Gasteiger partial charge in [0.2, 0.25) is 11.8 Å². The van der Waals surface area contributed by atoms with E-state index in [2.05, 4.69) is 16.0 Å². The number of amides is 2. The lowest BCUT2D eigenvalue weighted by atomic mass is 10.1. The summed E-state index contributed by atoms with van der Waals surface area (Å²) in [5.41, 5.74) is 0.653. The van der Waals surface area contributed by atoms with Crippen LogP contribution in [0.15, 0.2) is 11.6 Å². The fourth-order valence-electron chi connectivity index (χ4n) is 1.82. The number of carbonyl (C=O) groups is 2. The van der Waals surface area contributed by atoms with Crippen LogP contribution in [0.5, 0.6) is 0 Å². The van der Waals surface area contributed by atoms with Gasteiger partial charge in [-0.25, -0.2) is 0 Å². The van der Waals surface area contributed by atoms with E-state index in [0.717, 1.165) is 19.4 Å². The molecule has 0 aromatic rings. The van der Waals surface area contributed by atoms with Crippen molar-refractivity contribution in [1.29, 1.82) is 0 Å². The van der Waals surface area contributed by atoms with Crippen molar-refractivity contribution in [3.05, 3.63) is 11.6 Å².